The Labute approximate surface area is 173 Å². The van der Waals surface area contributed by atoms with E-state index in [4.69, 9.17) is 0 Å². The first-order chi connectivity index (χ1) is 13.8. The van der Waals surface area contributed by atoms with E-state index in [-0.39, 0.29) is 0 Å². The van der Waals surface area contributed by atoms with E-state index in [0.29, 0.717) is 0 Å². The third-order valence-electron chi connectivity index (χ3n) is 6.78. The second-order valence-electron chi connectivity index (χ2n) is 9.02. The fraction of sp³-hybridized carbons (Fsp3) is 0.571. The molecule has 0 aliphatic heterocycles. The summed E-state index contributed by atoms with van der Waals surface area (Å²) in [5.74, 6) is 1.81. The summed E-state index contributed by atoms with van der Waals surface area (Å²) in [5.41, 5.74) is 6.00. The molecule has 0 heteroatoms. The molecule has 0 aromatic heterocycles. The molecule has 0 bridgehead atoms. The Morgan fingerprint density at radius 1 is 0.607 bits per heavy atom. The molecule has 3 rings (SSSR count). The van der Waals surface area contributed by atoms with Gasteiger partial charge in [0, 0.05) is 0 Å². The van der Waals surface area contributed by atoms with Crippen LogP contribution in [-0.2, 0) is 19.3 Å². The number of rotatable bonds is 10. The number of hydrogen-bond acceptors (Lipinski definition) is 0. The lowest BCUT2D eigenvalue weighted by atomic mass is 9.77. The molecule has 2 aromatic rings. The van der Waals surface area contributed by atoms with Crippen molar-refractivity contribution in [3.63, 3.8) is 0 Å². The lowest BCUT2D eigenvalue weighted by Crippen LogP contribution is -2.13. The van der Waals surface area contributed by atoms with Crippen LogP contribution in [0.4, 0.5) is 0 Å². The fourth-order valence-corrected chi connectivity index (χ4v) is 4.87. The molecule has 1 aliphatic rings. The van der Waals surface area contributed by atoms with Gasteiger partial charge in [-0.3, -0.25) is 0 Å². The van der Waals surface area contributed by atoms with Crippen molar-refractivity contribution in [2.75, 3.05) is 0 Å². The van der Waals surface area contributed by atoms with Gasteiger partial charge in [-0.05, 0) is 79.0 Å². The van der Waals surface area contributed by atoms with Gasteiger partial charge in [0.1, 0.15) is 0 Å². The third-order valence-corrected chi connectivity index (χ3v) is 6.78. The van der Waals surface area contributed by atoms with E-state index < -0.39 is 0 Å². The van der Waals surface area contributed by atoms with Gasteiger partial charge in [0.25, 0.3) is 0 Å². The predicted molar refractivity (Wildman–Crippen MR) is 123 cm³/mol. The molecule has 0 spiro atoms. The zero-order valence-corrected chi connectivity index (χ0v) is 18.3. The van der Waals surface area contributed by atoms with Crippen molar-refractivity contribution in [2.24, 2.45) is 5.92 Å². The van der Waals surface area contributed by atoms with Gasteiger partial charge in [0.05, 0.1) is 0 Å². The molecule has 0 saturated heterocycles. The summed E-state index contributed by atoms with van der Waals surface area (Å²) in [7, 11) is 0. The van der Waals surface area contributed by atoms with E-state index >= 15 is 0 Å². The molecule has 0 atom stereocenters. The summed E-state index contributed by atoms with van der Waals surface area (Å²) in [5, 5.41) is 0. The Hall–Kier alpha value is -1.56. The predicted octanol–water partition coefficient (Wildman–Crippen LogP) is 8.28. The van der Waals surface area contributed by atoms with Gasteiger partial charge < -0.3 is 0 Å². The average molecular weight is 377 g/mol. The number of unbranched alkanes of at least 4 members (excludes halogenated alkanes) is 2. The molecule has 1 aliphatic carbocycles. The van der Waals surface area contributed by atoms with Crippen molar-refractivity contribution >= 4 is 0 Å². The summed E-state index contributed by atoms with van der Waals surface area (Å²) in [4.78, 5) is 0. The van der Waals surface area contributed by atoms with Crippen LogP contribution in [0.2, 0.25) is 0 Å². The van der Waals surface area contributed by atoms with Crippen LogP contribution in [0.15, 0.2) is 48.5 Å². The fourth-order valence-electron chi connectivity index (χ4n) is 4.87. The zero-order valence-electron chi connectivity index (χ0n) is 18.3. The van der Waals surface area contributed by atoms with Crippen molar-refractivity contribution in [2.45, 2.75) is 96.8 Å². The monoisotopic (exact) mass is 376 g/mol. The number of benzene rings is 2. The van der Waals surface area contributed by atoms with Crippen molar-refractivity contribution in [3.8, 4) is 0 Å². The quantitative estimate of drug-likeness (QED) is 0.366. The minimum Gasteiger partial charge on any atom is -0.0654 e. The molecular weight excluding hydrogens is 336 g/mol. The molecule has 0 unspecified atom stereocenters. The van der Waals surface area contributed by atoms with Crippen LogP contribution in [0.25, 0.3) is 0 Å². The molecule has 0 heterocycles. The topological polar surface area (TPSA) is 0 Å². The normalized spacial score (nSPS) is 19.6. The highest BCUT2D eigenvalue weighted by Gasteiger charge is 2.21. The molecule has 2 aromatic carbocycles. The van der Waals surface area contributed by atoms with Gasteiger partial charge in [0.2, 0.25) is 0 Å². The van der Waals surface area contributed by atoms with Crippen LogP contribution < -0.4 is 0 Å². The van der Waals surface area contributed by atoms with Gasteiger partial charge in [-0.1, -0.05) is 94.5 Å². The Kier molecular flexibility index (Phi) is 8.65. The second-order valence-corrected chi connectivity index (χ2v) is 9.02. The first-order valence-electron chi connectivity index (χ1n) is 11.9. The highest BCUT2D eigenvalue weighted by atomic mass is 14.3. The van der Waals surface area contributed by atoms with Crippen LogP contribution >= 0.6 is 0 Å². The van der Waals surface area contributed by atoms with E-state index in [1.165, 1.54) is 80.9 Å². The molecule has 0 nitrogen and oxygen atoms in total. The number of aryl methyl sites for hydroxylation is 3. The first-order valence-corrected chi connectivity index (χ1v) is 11.9. The summed E-state index contributed by atoms with van der Waals surface area (Å²) in [6.45, 7) is 4.56. The maximum Gasteiger partial charge on any atom is -0.0162 e. The SMILES string of the molecule is CCCCCC1CCC(c2ccc(CCc3ccc(CCC)cc3)cc2)CC1. The first kappa shape index (κ1) is 21.2. The van der Waals surface area contributed by atoms with Gasteiger partial charge >= 0.3 is 0 Å². The summed E-state index contributed by atoms with van der Waals surface area (Å²) >= 11 is 0. The summed E-state index contributed by atoms with van der Waals surface area (Å²) < 4.78 is 0. The lowest BCUT2D eigenvalue weighted by Gasteiger charge is -2.29. The minimum atomic E-state index is 0.808. The maximum atomic E-state index is 2.42. The Bertz CT molecular complexity index is 656. The number of hydrogen-bond donors (Lipinski definition) is 0. The summed E-state index contributed by atoms with van der Waals surface area (Å²) in [6, 6.07) is 18.9. The van der Waals surface area contributed by atoms with Crippen LogP contribution in [0.1, 0.15) is 99.8 Å². The highest BCUT2D eigenvalue weighted by molar-refractivity contribution is 5.28. The zero-order chi connectivity index (χ0) is 19.6. The third kappa shape index (κ3) is 6.50. The van der Waals surface area contributed by atoms with Gasteiger partial charge in [-0.2, -0.15) is 0 Å². The highest BCUT2D eigenvalue weighted by Crippen LogP contribution is 2.37. The molecule has 1 fully saturated rings. The second kappa shape index (κ2) is 11.4. The molecule has 0 radical (unpaired) electrons. The van der Waals surface area contributed by atoms with Gasteiger partial charge in [-0.15, -0.1) is 0 Å². The van der Waals surface area contributed by atoms with E-state index in [2.05, 4.69) is 62.4 Å². The van der Waals surface area contributed by atoms with Crippen LogP contribution in [-0.4, -0.2) is 0 Å². The molecule has 152 valence electrons. The van der Waals surface area contributed by atoms with Gasteiger partial charge in [0.15, 0.2) is 0 Å². The molecule has 28 heavy (non-hydrogen) atoms. The average Bonchev–Trinajstić information content (AvgIpc) is 2.75. The van der Waals surface area contributed by atoms with E-state index in [9.17, 15) is 0 Å². The molecule has 0 N–H and O–H groups in total. The van der Waals surface area contributed by atoms with E-state index in [0.717, 1.165) is 24.7 Å². The lowest BCUT2D eigenvalue weighted by molar-refractivity contribution is 0.303. The minimum absolute atomic E-state index is 0.808. The van der Waals surface area contributed by atoms with Crippen molar-refractivity contribution < 1.29 is 0 Å². The van der Waals surface area contributed by atoms with E-state index in [1.54, 1.807) is 5.56 Å². The smallest absolute Gasteiger partial charge is 0.0162 e. The molecule has 0 amide bonds. The van der Waals surface area contributed by atoms with Crippen molar-refractivity contribution in [3.05, 3.63) is 70.8 Å². The largest absolute Gasteiger partial charge is 0.0654 e. The maximum absolute atomic E-state index is 2.42. The molecular formula is C28H40. The summed E-state index contributed by atoms with van der Waals surface area (Å²) in [6.07, 6.45) is 16.1. The van der Waals surface area contributed by atoms with Crippen LogP contribution in [0.5, 0.6) is 0 Å². The molecule has 1 saturated carbocycles. The Balaban J connectivity index is 1.43. The Morgan fingerprint density at radius 3 is 1.68 bits per heavy atom. The van der Waals surface area contributed by atoms with Crippen LogP contribution in [0.3, 0.4) is 0 Å². The van der Waals surface area contributed by atoms with Gasteiger partial charge in [-0.25, -0.2) is 0 Å². The standard InChI is InChI=1S/C28H40/c1-3-5-6-8-24-15-19-27(20-16-24)28-21-17-26(18-22-28)14-13-25-11-9-23(7-4-2)10-12-25/h9-12,17-18,21-22,24,27H,3-8,13-16,19-20H2,1-2H3. The van der Waals surface area contributed by atoms with Crippen LogP contribution in [0, 0.1) is 5.92 Å². The Morgan fingerprint density at radius 2 is 1.14 bits per heavy atom. The van der Waals surface area contributed by atoms with Crippen molar-refractivity contribution in [1.82, 2.24) is 0 Å². The van der Waals surface area contributed by atoms with Crippen molar-refractivity contribution in [1.29, 1.82) is 0 Å². The van der Waals surface area contributed by atoms with E-state index in [1.807, 2.05) is 0 Å².